The van der Waals surface area contributed by atoms with E-state index in [1.807, 2.05) is 24.3 Å². The van der Waals surface area contributed by atoms with E-state index in [4.69, 9.17) is 4.74 Å². The molecule has 2 unspecified atom stereocenters. The smallest absolute Gasteiger partial charge is 0.391 e. The number of hydrogen-bond donors (Lipinski definition) is 2. The first-order valence-electron chi connectivity index (χ1n) is 9.63. The molecule has 1 aliphatic carbocycles. The second-order valence-corrected chi connectivity index (χ2v) is 7.40. The van der Waals surface area contributed by atoms with Gasteiger partial charge in [0.1, 0.15) is 5.75 Å². The molecule has 2 N–H and O–H groups in total. The van der Waals surface area contributed by atoms with E-state index in [-0.39, 0.29) is 55.3 Å². The Bertz CT molecular complexity index is 696. The molecule has 0 aromatic heterocycles. The van der Waals surface area contributed by atoms with Gasteiger partial charge >= 0.3 is 6.18 Å². The first-order chi connectivity index (χ1) is 13.7. The van der Waals surface area contributed by atoms with Crippen molar-refractivity contribution < 1.29 is 22.7 Å². The van der Waals surface area contributed by atoms with E-state index in [1.165, 1.54) is 4.90 Å². The summed E-state index contributed by atoms with van der Waals surface area (Å²) >= 11 is 0. The maximum absolute atomic E-state index is 13.1. The maximum atomic E-state index is 13.1. The lowest BCUT2D eigenvalue weighted by Crippen LogP contribution is -2.49. The average Bonchev–Trinajstić information content (AvgIpc) is 2.69. The maximum Gasteiger partial charge on any atom is 0.391 e. The molecule has 1 saturated carbocycles. The van der Waals surface area contributed by atoms with Crippen LogP contribution in [-0.2, 0) is 11.3 Å². The Morgan fingerprint density at radius 2 is 1.90 bits per heavy atom. The van der Waals surface area contributed by atoms with Crippen molar-refractivity contribution in [3.8, 4) is 5.75 Å². The van der Waals surface area contributed by atoms with Crippen molar-refractivity contribution in [3.63, 3.8) is 0 Å². The van der Waals surface area contributed by atoms with E-state index in [9.17, 15) is 18.0 Å². The van der Waals surface area contributed by atoms with Gasteiger partial charge in [-0.15, -0.1) is 24.0 Å². The Morgan fingerprint density at radius 1 is 1.23 bits per heavy atom. The van der Waals surface area contributed by atoms with Gasteiger partial charge < -0.3 is 20.3 Å². The van der Waals surface area contributed by atoms with Crippen molar-refractivity contribution in [2.24, 2.45) is 10.9 Å². The Labute approximate surface area is 192 Å². The van der Waals surface area contributed by atoms with Gasteiger partial charge in [-0.3, -0.25) is 4.79 Å². The number of carbonyl (C=O) groups excluding carboxylic acids is 1. The topological polar surface area (TPSA) is 66.0 Å². The van der Waals surface area contributed by atoms with Gasteiger partial charge in [0, 0.05) is 20.1 Å². The Hall–Kier alpha value is -1.72. The normalized spacial score (nSPS) is 19.5. The first kappa shape index (κ1) is 26.3. The van der Waals surface area contributed by atoms with Crippen LogP contribution in [0.4, 0.5) is 13.2 Å². The summed E-state index contributed by atoms with van der Waals surface area (Å²) in [6, 6.07) is 7.02. The zero-order valence-corrected chi connectivity index (χ0v) is 19.8. The van der Waals surface area contributed by atoms with Gasteiger partial charge in [-0.05, 0) is 37.0 Å². The summed E-state index contributed by atoms with van der Waals surface area (Å²) in [4.78, 5) is 17.8. The fourth-order valence-electron chi connectivity index (χ4n) is 3.18. The molecular weight excluding hydrogens is 512 g/mol. The summed E-state index contributed by atoms with van der Waals surface area (Å²) in [6.45, 7) is 0.335. The van der Waals surface area contributed by atoms with Gasteiger partial charge in [-0.25, -0.2) is 4.99 Å². The summed E-state index contributed by atoms with van der Waals surface area (Å²) in [5.74, 6) is -0.393. The van der Waals surface area contributed by atoms with E-state index in [1.54, 1.807) is 21.2 Å². The molecule has 0 bridgehead atoms. The van der Waals surface area contributed by atoms with Crippen LogP contribution in [0.25, 0.3) is 0 Å². The number of amides is 1. The molecule has 1 fully saturated rings. The number of guanidine groups is 1. The summed E-state index contributed by atoms with van der Waals surface area (Å²) in [7, 11) is 4.86. The Morgan fingerprint density at radius 3 is 2.47 bits per heavy atom. The minimum atomic E-state index is -4.19. The van der Waals surface area contributed by atoms with Crippen molar-refractivity contribution in [2.75, 3.05) is 27.7 Å². The van der Waals surface area contributed by atoms with Crippen LogP contribution < -0.4 is 15.4 Å². The van der Waals surface area contributed by atoms with E-state index < -0.39 is 12.1 Å². The molecule has 0 aliphatic heterocycles. The molecule has 0 heterocycles. The zero-order valence-electron chi connectivity index (χ0n) is 17.5. The molecule has 6 nitrogen and oxygen atoms in total. The SMILES string of the molecule is COc1ccc(CN=C(NCC(=O)N(C)C)NC2CCCC(C(F)(F)F)C2)cc1.I. The molecule has 0 spiro atoms. The molecule has 1 aliphatic rings. The quantitative estimate of drug-likeness (QED) is 0.328. The van der Waals surface area contributed by atoms with Crippen molar-refractivity contribution in [1.29, 1.82) is 0 Å². The van der Waals surface area contributed by atoms with Crippen LogP contribution in [0.3, 0.4) is 0 Å². The Kier molecular flexibility index (Phi) is 10.7. The van der Waals surface area contributed by atoms with Crippen molar-refractivity contribution in [2.45, 2.75) is 44.4 Å². The highest BCUT2D eigenvalue weighted by Gasteiger charge is 2.42. The van der Waals surface area contributed by atoms with Crippen LogP contribution >= 0.6 is 24.0 Å². The van der Waals surface area contributed by atoms with E-state index in [0.29, 0.717) is 25.3 Å². The highest BCUT2D eigenvalue weighted by Crippen LogP contribution is 2.37. The number of likely N-dealkylation sites (N-methyl/N-ethyl adjacent to an activating group) is 1. The van der Waals surface area contributed by atoms with Gasteiger partial charge in [0.05, 0.1) is 26.1 Å². The predicted octanol–water partition coefficient (Wildman–Crippen LogP) is 3.56. The third kappa shape index (κ3) is 8.57. The number of halogens is 4. The average molecular weight is 542 g/mol. The van der Waals surface area contributed by atoms with Gasteiger partial charge in [0.2, 0.25) is 5.91 Å². The number of alkyl halides is 3. The molecular formula is C20H30F3IN4O2. The lowest BCUT2D eigenvalue weighted by Gasteiger charge is -2.32. The summed E-state index contributed by atoms with van der Waals surface area (Å²) in [5.41, 5.74) is 0.919. The Balaban J connectivity index is 0.00000450. The zero-order chi connectivity index (χ0) is 21.4. The van der Waals surface area contributed by atoms with Crippen LogP contribution in [0.5, 0.6) is 5.75 Å². The van der Waals surface area contributed by atoms with Gasteiger partial charge in [0.25, 0.3) is 0 Å². The lowest BCUT2D eigenvalue weighted by atomic mass is 9.85. The summed E-state index contributed by atoms with van der Waals surface area (Å²) < 4.78 is 44.4. The van der Waals surface area contributed by atoms with Crippen LogP contribution in [0, 0.1) is 5.92 Å². The van der Waals surface area contributed by atoms with Crippen molar-refractivity contribution in [3.05, 3.63) is 29.8 Å². The second-order valence-electron chi connectivity index (χ2n) is 7.40. The fourth-order valence-corrected chi connectivity index (χ4v) is 3.18. The third-order valence-corrected chi connectivity index (χ3v) is 4.96. The first-order valence-corrected chi connectivity index (χ1v) is 9.63. The van der Waals surface area contributed by atoms with E-state index in [2.05, 4.69) is 15.6 Å². The summed E-state index contributed by atoms with van der Waals surface area (Å²) in [5, 5.41) is 6.02. The molecule has 1 amide bonds. The minimum absolute atomic E-state index is 0. The van der Waals surface area contributed by atoms with Crippen molar-refractivity contribution in [1.82, 2.24) is 15.5 Å². The van der Waals surface area contributed by atoms with Gasteiger partial charge in [-0.2, -0.15) is 13.2 Å². The fraction of sp³-hybridized carbons (Fsp3) is 0.600. The molecule has 170 valence electrons. The van der Waals surface area contributed by atoms with Gasteiger partial charge in [0.15, 0.2) is 5.96 Å². The van der Waals surface area contributed by atoms with Crippen molar-refractivity contribution >= 4 is 35.8 Å². The number of ether oxygens (including phenoxy) is 1. The van der Waals surface area contributed by atoms with E-state index in [0.717, 1.165) is 11.3 Å². The molecule has 30 heavy (non-hydrogen) atoms. The minimum Gasteiger partial charge on any atom is -0.497 e. The molecule has 0 saturated heterocycles. The van der Waals surface area contributed by atoms with Crippen LogP contribution in [0.2, 0.25) is 0 Å². The largest absolute Gasteiger partial charge is 0.497 e. The number of nitrogens with one attached hydrogen (secondary N) is 2. The summed E-state index contributed by atoms with van der Waals surface area (Å²) in [6.07, 6.45) is -2.88. The number of carbonyl (C=O) groups is 1. The number of hydrogen-bond acceptors (Lipinski definition) is 3. The monoisotopic (exact) mass is 542 g/mol. The second kappa shape index (κ2) is 12.2. The van der Waals surface area contributed by atoms with Crippen LogP contribution in [0.15, 0.2) is 29.3 Å². The van der Waals surface area contributed by atoms with Crippen LogP contribution in [0.1, 0.15) is 31.2 Å². The standard InChI is InChI=1S/C20H29F3N4O2.HI/c1-27(2)18(28)13-25-19(24-12-14-7-9-17(29-3)10-8-14)26-16-6-4-5-15(11-16)20(21,22)23;/h7-10,15-16H,4-6,11-13H2,1-3H3,(H2,24,25,26);1H. The number of nitrogens with zero attached hydrogens (tertiary/aromatic N) is 2. The van der Waals surface area contributed by atoms with Gasteiger partial charge in [-0.1, -0.05) is 18.6 Å². The van der Waals surface area contributed by atoms with E-state index >= 15 is 0 Å². The third-order valence-electron chi connectivity index (χ3n) is 4.96. The number of aliphatic imine (C=N–C) groups is 1. The predicted molar refractivity (Wildman–Crippen MR) is 121 cm³/mol. The highest BCUT2D eigenvalue weighted by molar-refractivity contribution is 14.0. The number of methoxy groups -OCH3 is 1. The lowest BCUT2D eigenvalue weighted by molar-refractivity contribution is -0.183. The molecule has 10 heteroatoms. The number of benzene rings is 1. The molecule has 1 aromatic carbocycles. The molecule has 2 atom stereocenters. The number of rotatable bonds is 6. The highest BCUT2D eigenvalue weighted by atomic mass is 127. The van der Waals surface area contributed by atoms with Crippen LogP contribution in [-0.4, -0.2) is 56.7 Å². The molecule has 2 rings (SSSR count). The molecule has 0 radical (unpaired) electrons. The molecule has 1 aromatic rings.